The fourth-order valence-electron chi connectivity index (χ4n) is 1.63. The number of aromatic amines is 1. The first-order valence-corrected chi connectivity index (χ1v) is 5.62. The van der Waals surface area contributed by atoms with Gasteiger partial charge in [0.25, 0.3) is 0 Å². The smallest absolute Gasteiger partial charge is 0.125 e. The van der Waals surface area contributed by atoms with Gasteiger partial charge in [0.05, 0.1) is 17.1 Å². The van der Waals surface area contributed by atoms with Crippen molar-refractivity contribution >= 4 is 17.1 Å². The molecule has 0 aliphatic heterocycles. The number of hydrogen-bond donors (Lipinski definition) is 4. The second-order valence-corrected chi connectivity index (χ2v) is 4.11. The summed E-state index contributed by atoms with van der Waals surface area (Å²) in [5.41, 5.74) is 5.41. The number of hydrazine groups is 1. The van der Waals surface area contributed by atoms with E-state index in [9.17, 15) is 0 Å². The molecule has 94 valence electrons. The summed E-state index contributed by atoms with van der Waals surface area (Å²) in [6.45, 7) is 5.32. The molecule has 1 atom stereocenters. The summed E-state index contributed by atoms with van der Waals surface area (Å²) in [4.78, 5) is 7.63. The van der Waals surface area contributed by atoms with Crippen LogP contribution in [0.4, 0.5) is 0 Å². The molecule has 0 saturated carbocycles. The lowest BCUT2D eigenvalue weighted by Crippen LogP contribution is -2.26. The molecule has 1 heterocycles. The molecule has 5 heteroatoms. The van der Waals surface area contributed by atoms with Crippen LogP contribution in [-0.2, 0) is 0 Å². The molecular formula is C13H16N4O. The van der Waals surface area contributed by atoms with Crippen LogP contribution >= 0.6 is 0 Å². The van der Waals surface area contributed by atoms with Gasteiger partial charge >= 0.3 is 0 Å². The quantitative estimate of drug-likeness (QED) is 0.287. The molecular weight excluding hydrogens is 228 g/mol. The zero-order valence-electron chi connectivity index (χ0n) is 10.1. The molecule has 0 fully saturated rings. The van der Waals surface area contributed by atoms with Gasteiger partial charge in [-0.3, -0.25) is 11.3 Å². The number of benzene rings is 1. The molecule has 18 heavy (non-hydrogen) atoms. The Morgan fingerprint density at radius 2 is 2.39 bits per heavy atom. The Kier molecular flexibility index (Phi) is 3.45. The highest BCUT2D eigenvalue weighted by molar-refractivity contribution is 5.78. The van der Waals surface area contributed by atoms with Gasteiger partial charge in [-0.2, -0.15) is 0 Å². The normalized spacial score (nSPS) is 13.2. The summed E-state index contributed by atoms with van der Waals surface area (Å²) in [5, 5.41) is 9.01. The third-order valence-electron chi connectivity index (χ3n) is 2.65. The highest BCUT2D eigenvalue weighted by atomic mass is 16.3. The standard InChI is InChI=1S/C13H16N4O/c1-8(18)3-4-10-5-6-11-12(7-10)16-13(15-11)9(2)17-14/h3-7,9,17-18H,1,14H2,2H3,(H,15,16)/b4-3+/t9-/m0/s1. The first-order chi connectivity index (χ1) is 8.60. The maximum atomic E-state index is 9.01. The zero-order valence-corrected chi connectivity index (χ0v) is 10.1. The maximum Gasteiger partial charge on any atom is 0.125 e. The van der Waals surface area contributed by atoms with Gasteiger partial charge < -0.3 is 10.1 Å². The molecule has 1 aromatic heterocycles. The van der Waals surface area contributed by atoms with E-state index in [0.717, 1.165) is 22.4 Å². The van der Waals surface area contributed by atoms with Crippen molar-refractivity contribution < 1.29 is 5.11 Å². The van der Waals surface area contributed by atoms with Gasteiger partial charge in [0.2, 0.25) is 0 Å². The number of aliphatic hydroxyl groups is 1. The summed E-state index contributed by atoms with van der Waals surface area (Å²) in [6.07, 6.45) is 3.33. The largest absolute Gasteiger partial charge is 0.509 e. The van der Waals surface area contributed by atoms with Crippen molar-refractivity contribution in [1.29, 1.82) is 0 Å². The van der Waals surface area contributed by atoms with Crippen molar-refractivity contribution in [1.82, 2.24) is 15.4 Å². The van der Waals surface area contributed by atoms with Crippen LogP contribution in [0.25, 0.3) is 17.1 Å². The minimum absolute atomic E-state index is 0.0290. The number of aliphatic hydroxyl groups excluding tert-OH is 1. The number of H-pyrrole nitrogens is 1. The number of hydrogen-bond acceptors (Lipinski definition) is 4. The molecule has 0 aliphatic rings. The molecule has 0 amide bonds. The first kappa shape index (κ1) is 12.3. The van der Waals surface area contributed by atoms with E-state index in [4.69, 9.17) is 10.9 Å². The monoisotopic (exact) mass is 244 g/mol. The van der Waals surface area contributed by atoms with E-state index in [1.807, 2.05) is 25.1 Å². The minimum Gasteiger partial charge on any atom is -0.509 e. The lowest BCUT2D eigenvalue weighted by Gasteiger charge is -2.04. The van der Waals surface area contributed by atoms with Gasteiger partial charge in [0.1, 0.15) is 11.6 Å². The van der Waals surface area contributed by atoms with Crippen molar-refractivity contribution in [2.45, 2.75) is 13.0 Å². The van der Waals surface area contributed by atoms with Crippen LogP contribution in [0.5, 0.6) is 0 Å². The molecule has 0 aliphatic carbocycles. The Labute approximate surface area is 105 Å². The molecule has 0 radical (unpaired) electrons. The first-order valence-electron chi connectivity index (χ1n) is 5.62. The van der Waals surface area contributed by atoms with Gasteiger partial charge in [0.15, 0.2) is 0 Å². The molecule has 0 bridgehead atoms. The summed E-state index contributed by atoms with van der Waals surface area (Å²) >= 11 is 0. The van der Waals surface area contributed by atoms with Crippen LogP contribution in [0.2, 0.25) is 0 Å². The Morgan fingerprint density at radius 3 is 3.06 bits per heavy atom. The number of aromatic nitrogens is 2. The van der Waals surface area contributed by atoms with Crippen LogP contribution in [0, 0.1) is 0 Å². The van der Waals surface area contributed by atoms with Crippen molar-refractivity contribution in [2.75, 3.05) is 0 Å². The second-order valence-electron chi connectivity index (χ2n) is 4.11. The number of nitrogens with zero attached hydrogens (tertiary/aromatic N) is 1. The second kappa shape index (κ2) is 5.03. The van der Waals surface area contributed by atoms with Crippen LogP contribution in [0.1, 0.15) is 24.4 Å². The maximum absolute atomic E-state index is 9.01. The number of nitrogens with two attached hydrogens (primary N) is 1. The van der Waals surface area contributed by atoms with Gasteiger partial charge in [-0.1, -0.05) is 18.7 Å². The summed E-state index contributed by atoms with van der Waals surface area (Å²) in [5.74, 6) is 6.20. The fraction of sp³-hybridized carbons (Fsp3) is 0.154. The van der Waals surface area contributed by atoms with E-state index in [1.54, 1.807) is 12.2 Å². The lowest BCUT2D eigenvalue weighted by atomic mass is 10.2. The molecule has 2 rings (SSSR count). The van der Waals surface area contributed by atoms with Crippen molar-refractivity contribution in [3.05, 3.63) is 48.0 Å². The average molecular weight is 244 g/mol. The van der Waals surface area contributed by atoms with Gasteiger partial charge in [-0.05, 0) is 30.7 Å². The van der Waals surface area contributed by atoms with Gasteiger partial charge in [-0.15, -0.1) is 0 Å². The summed E-state index contributed by atoms with van der Waals surface area (Å²) < 4.78 is 0. The highest BCUT2D eigenvalue weighted by Gasteiger charge is 2.08. The Bertz CT molecular complexity index is 600. The topological polar surface area (TPSA) is 87.0 Å². The zero-order chi connectivity index (χ0) is 13.1. The lowest BCUT2D eigenvalue weighted by molar-refractivity contribution is 0.436. The SMILES string of the molecule is C=C(O)/C=C/c1ccc2nc([C@H](C)NN)[nH]c2c1. The Morgan fingerprint density at radius 1 is 1.61 bits per heavy atom. The number of fused-ring (bicyclic) bond motifs is 1. The van der Waals surface area contributed by atoms with Crippen LogP contribution < -0.4 is 11.3 Å². The molecule has 0 unspecified atom stereocenters. The number of imidazole rings is 1. The van der Waals surface area contributed by atoms with Crippen molar-refractivity contribution in [3.8, 4) is 0 Å². The summed E-state index contributed by atoms with van der Waals surface area (Å²) in [6, 6.07) is 5.76. The van der Waals surface area contributed by atoms with Gasteiger partial charge in [-0.25, -0.2) is 4.98 Å². The van der Waals surface area contributed by atoms with E-state index >= 15 is 0 Å². The van der Waals surface area contributed by atoms with E-state index in [-0.39, 0.29) is 11.8 Å². The fourth-order valence-corrected chi connectivity index (χ4v) is 1.63. The minimum atomic E-state index is -0.0337. The van der Waals surface area contributed by atoms with Gasteiger partial charge in [0, 0.05) is 0 Å². The summed E-state index contributed by atoms with van der Waals surface area (Å²) in [7, 11) is 0. The molecule has 0 saturated heterocycles. The Hall–Kier alpha value is -2.11. The predicted octanol–water partition coefficient (Wildman–Crippen LogP) is 2.17. The average Bonchev–Trinajstić information content (AvgIpc) is 2.78. The third kappa shape index (κ3) is 2.58. The van der Waals surface area contributed by atoms with Crippen molar-refractivity contribution in [2.24, 2.45) is 5.84 Å². The molecule has 0 spiro atoms. The van der Waals surface area contributed by atoms with E-state index < -0.39 is 0 Å². The highest BCUT2D eigenvalue weighted by Crippen LogP contribution is 2.18. The van der Waals surface area contributed by atoms with Crippen LogP contribution in [0.3, 0.4) is 0 Å². The van der Waals surface area contributed by atoms with E-state index in [2.05, 4.69) is 22.0 Å². The predicted molar refractivity (Wildman–Crippen MR) is 72.6 cm³/mol. The van der Waals surface area contributed by atoms with E-state index in [0.29, 0.717) is 0 Å². The van der Waals surface area contributed by atoms with Crippen LogP contribution in [0.15, 0.2) is 36.6 Å². The number of rotatable bonds is 4. The van der Waals surface area contributed by atoms with Crippen LogP contribution in [-0.4, -0.2) is 15.1 Å². The molecule has 5 nitrogen and oxygen atoms in total. The molecule has 1 aromatic carbocycles. The van der Waals surface area contributed by atoms with E-state index in [1.165, 1.54) is 0 Å². The van der Waals surface area contributed by atoms with Crippen molar-refractivity contribution in [3.63, 3.8) is 0 Å². The number of allylic oxidation sites excluding steroid dienone is 1. The molecule has 2 aromatic rings. The Balaban J connectivity index is 2.36. The third-order valence-corrected chi connectivity index (χ3v) is 2.65. The number of nitrogens with one attached hydrogen (secondary N) is 2. The molecule has 5 N–H and O–H groups in total.